The van der Waals surface area contributed by atoms with Gasteiger partial charge >= 0.3 is 5.69 Å². The fraction of sp³-hybridized carbons (Fsp3) is 0.167. The predicted octanol–water partition coefficient (Wildman–Crippen LogP) is 2.00. The van der Waals surface area contributed by atoms with Crippen molar-refractivity contribution < 1.29 is 9.84 Å². The Balaban J connectivity index is 2.23. The van der Waals surface area contributed by atoms with Crippen LogP contribution in [-0.4, -0.2) is 27.5 Å². The normalized spacial score (nSPS) is 15.2. The highest BCUT2D eigenvalue weighted by Gasteiger charge is 2.16. The lowest BCUT2D eigenvalue weighted by atomic mass is 10.1. The molecule has 0 aliphatic carbocycles. The van der Waals surface area contributed by atoms with Crippen molar-refractivity contribution >= 4 is 11.8 Å². The summed E-state index contributed by atoms with van der Waals surface area (Å²) in [5.74, 6) is 0.0764. The third-order valence-electron chi connectivity index (χ3n) is 3.86. The van der Waals surface area contributed by atoms with Gasteiger partial charge in [-0.3, -0.25) is 14.8 Å². The SMILES string of the molecule is COc1cccc(-n2c(O)c(/C=C3\C=C(C)N=C3C)c(=O)[nH]c2=O)c1. The molecule has 7 heteroatoms. The van der Waals surface area contributed by atoms with Gasteiger partial charge in [-0.25, -0.2) is 9.36 Å². The minimum atomic E-state index is -0.735. The van der Waals surface area contributed by atoms with Crippen LogP contribution in [0, 0.1) is 0 Å². The summed E-state index contributed by atoms with van der Waals surface area (Å²) in [5, 5.41) is 10.6. The van der Waals surface area contributed by atoms with Crippen LogP contribution in [0.1, 0.15) is 19.4 Å². The van der Waals surface area contributed by atoms with Crippen molar-refractivity contribution in [2.45, 2.75) is 13.8 Å². The van der Waals surface area contributed by atoms with Crippen molar-refractivity contribution in [1.29, 1.82) is 0 Å². The van der Waals surface area contributed by atoms with E-state index in [1.54, 1.807) is 30.3 Å². The lowest BCUT2D eigenvalue weighted by Gasteiger charge is -2.11. The summed E-state index contributed by atoms with van der Waals surface area (Å²) in [6, 6.07) is 6.61. The molecule has 7 nitrogen and oxygen atoms in total. The van der Waals surface area contributed by atoms with Gasteiger partial charge in [0.05, 0.1) is 12.8 Å². The van der Waals surface area contributed by atoms with E-state index in [2.05, 4.69) is 9.98 Å². The summed E-state index contributed by atoms with van der Waals surface area (Å²) in [5.41, 5.74) is 1.20. The lowest BCUT2D eigenvalue weighted by molar-refractivity contribution is 0.412. The van der Waals surface area contributed by atoms with Gasteiger partial charge in [-0.1, -0.05) is 6.07 Å². The highest BCUT2D eigenvalue weighted by molar-refractivity contribution is 6.07. The minimum Gasteiger partial charge on any atom is -0.497 e. The van der Waals surface area contributed by atoms with E-state index in [9.17, 15) is 14.7 Å². The molecule has 0 spiro atoms. The van der Waals surface area contributed by atoms with Crippen molar-refractivity contribution in [2.75, 3.05) is 7.11 Å². The van der Waals surface area contributed by atoms with E-state index in [1.165, 1.54) is 13.2 Å². The van der Waals surface area contributed by atoms with Gasteiger partial charge in [0.1, 0.15) is 11.3 Å². The van der Waals surface area contributed by atoms with E-state index < -0.39 is 17.1 Å². The third kappa shape index (κ3) is 3.03. The van der Waals surface area contributed by atoms with Crippen molar-refractivity contribution in [2.24, 2.45) is 4.99 Å². The summed E-state index contributed by atoms with van der Waals surface area (Å²) in [4.78, 5) is 30.9. The number of rotatable bonds is 3. The summed E-state index contributed by atoms with van der Waals surface area (Å²) in [6.45, 7) is 3.65. The fourth-order valence-electron chi connectivity index (χ4n) is 2.65. The van der Waals surface area contributed by atoms with Crippen molar-refractivity contribution in [3.8, 4) is 17.3 Å². The Morgan fingerprint density at radius 2 is 2.04 bits per heavy atom. The molecule has 0 saturated heterocycles. The molecule has 1 aromatic carbocycles. The van der Waals surface area contributed by atoms with Crippen LogP contribution in [0.5, 0.6) is 11.6 Å². The molecule has 0 fully saturated rings. The zero-order valence-electron chi connectivity index (χ0n) is 14.0. The van der Waals surface area contributed by atoms with Gasteiger partial charge in [0.2, 0.25) is 5.88 Å². The highest BCUT2D eigenvalue weighted by Crippen LogP contribution is 2.24. The zero-order chi connectivity index (χ0) is 18.1. The first kappa shape index (κ1) is 16.5. The van der Waals surface area contributed by atoms with E-state index in [4.69, 9.17) is 4.74 Å². The fourth-order valence-corrected chi connectivity index (χ4v) is 2.65. The Kier molecular flexibility index (Phi) is 4.14. The van der Waals surface area contributed by atoms with Crippen LogP contribution in [0.4, 0.5) is 0 Å². The van der Waals surface area contributed by atoms with Crippen LogP contribution in [-0.2, 0) is 0 Å². The molecule has 0 unspecified atom stereocenters. The molecule has 1 aliphatic heterocycles. The molecule has 128 valence electrons. The Morgan fingerprint density at radius 3 is 2.68 bits per heavy atom. The molecule has 0 amide bonds. The lowest BCUT2D eigenvalue weighted by Crippen LogP contribution is -2.30. The summed E-state index contributed by atoms with van der Waals surface area (Å²) in [7, 11) is 1.50. The van der Waals surface area contributed by atoms with E-state index in [0.717, 1.165) is 16.0 Å². The number of aromatic amines is 1. The summed E-state index contributed by atoms with van der Waals surface area (Å²) in [6.07, 6.45) is 3.31. The van der Waals surface area contributed by atoms with Crippen LogP contribution in [0.15, 0.2) is 56.2 Å². The average molecular weight is 339 g/mol. The maximum absolute atomic E-state index is 12.2. The smallest absolute Gasteiger partial charge is 0.335 e. The number of ether oxygens (including phenoxy) is 1. The largest absolute Gasteiger partial charge is 0.497 e. The molecule has 0 radical (unpaired) electrons. The summed E-state index contributed by atoms with van der Waals surface area (Å²) < 4.78 is 6.16. The highest BCUT2D eigenvalue weighted by atomic mass is 16.5. The number of hydrogen-bond acceptors (Lipinski definition) is 5. The van der Waals surface area contributed by atoms with Crippen molar-refractivity contribution in [1.82, 2.24) is 9.55 Å². The average Bonchev–Trinajstić information content (AvgIpc) is 2.89. The Labute approximate surface area is 143 Å². The number of nitrogens with one attached hydrogen (secondary N) is 1. The second kappa shape index (κ2) is 6.27. The number of allylic oxidation sites excluding steroid dienone is 3. The molecule has 0 saturated carbocycles. The number of benzene rings is 1. The molecule has 25 heavy (non-hydrogen) atoms. The number of aliphatic imine (C=N–C) groups is 1. The van der Waals surface area contributed by atoms with Gasteiger partial charge in [-0.2, -0.15) is 0 Å². The van der Waals surface area contributed by atoms with Crippen LogP contribution >= 0.6 is 0 Å². The van der Waals surface area contributed by atoms with Gasteiger partial charge in [0.25, 0.3) is 5.56 Å². The first-order chi connectivity index (χ1) is 11.9. The number of hydrogen-bond donors (Lipinski definition) is 2. The number of aromatic nitrogens is 2. The Hall–Kier alpha value is -3.35. The van der Waals surface area contributed by atoms with Crippen molar-refractivity contribution in [3.05, 3.63) is 68.0 Å². The second-order valence-corrected chi connectivity index (χ2v) is 5.62. The van der Waals surface area contributed by atoms with Crippen molar-refractivity contribution in [3.63, 3.8) is 0 Å². The second-order valence-electron chi connectivity index (χ2n) is 5.62. The Bertz CT molecular complexity index is 1050. The van der Waals surface area contributed by atoms with Gasteiger partial charge in [0.15, 0.2) is 0 Å². The molecule has 2 aromatic rings. The number of H-pyrrole nitrogens is 1. The molecular weight excluding hydrogens is 322 g/mol. The molecule has 2 N–H and O–H groups in total. The molecule has 0 bridgehead atoms. The Morgan fingerprint density at radius 1 is 1.28 bits per heavy atom. The first-order valence-electron chi connectivity index (χ1n) is 7.59. The van der Waals surface area contributed by atoms with Crippen LogP contribution in [0.2, 0.25) is 0 Å². The van der Waals surface area contributed by atoms with E-state index >= 15 is 0 Å². The molecule has 0 atom stereocenters. The topological polar surface area (TPSA) is 96.7 Å². The van der Waals surface area contributed by atoms with Crippen LogP contribution in [0.3, 0.4) is 0 Å². The third-order valence-corrected chi connectivity index (χ3v) is 3.86. The van der Waals surface area contributed by atoms with Gasteiger partial charge in [-0.05, 0) is 43.7 Å². The van der Waals surface area contributed by atoms with Gasteiger partial charge in [0, 0.05) is 17.5 Å². The van der Waals surface area contributed by atoms with E-state index in [0.29, 0.717) is 17.0 Å². The summed E-state index contributed by atoms with van der Waals surface area (Å²) >= 11 is 0. The van der Waals surface area contributed by atoms with Gasteiger partial charge < -0.3 is 9.84 Å². The van der Waals surface area contributed by atoms with Crippen LogP contribution < -0.4 is 16.0 Å². The monoisotopic (exact) mass is 339 g/mol. The molecule has 2 heterocycles. The maximum atomic E-state index is 12.2. The maximum Gasteiger partial charge on any atom is 0.335 e. The minimum absolute atomic E-state index is 0.0158. The number of nitrogens with zero attached hydrogens (tertiary/aromatic N) is 2. The molecule has 1 aliphatic rings. The first-order valence-corrected chi connectivity index (χ1v) is 7.59. The van der Waals surface area contributed by atoms with E-state index in [-0.39, 0.29) is 5.56 Å². The van der Waals surface area contributed by atoms with Gasteiger partial charge in [-0.15, -0.1) is 0 Å². The zero-order valence-corrected chi connectivity index (χ0v) is 14.0. The molecule has 1 aromatic heterocycles. The van der Waals surface area contributed by atoms with Crippen LogP contribution in [0.25, 0.3) is 11.8 Å². The standard InChI is InChI=1S/C18H17N3O4/c1-10-7-12(11(2)19-10)8-15-16(22)20-18(24)21(17(15)23)13-5-4-6-14(9-13)25-3/h4-9,23H,1-3H3,(H,20,22,24)/b12-8+. The van der Waals surface area contributed by atoms with E-state index in [1.807, 2.05) is 13.8 Å². The quantitative estimate of drug-likeness (QED) is 0.894. The number of methoxy groups -OCH3 is 1. The molecular formula is C18H17N3O4. The number of aromatic hydroxyl groups is 1. The predicted molar refractivity (Wildman–Crippen MR) is 95.7 cm³/mol. The molecule has 3 rings (SSSR count).